The number of benzene rings is 2. The molecule has 0 aromatic heterocycles. The smallest absolute Gasteiger partial charge is 0.262 e. The molecular formula is C16H17FN2O4S. The van der Waals surface area contributed by atoms with Gasteiger partial charge in [-0.15, -0.1) is 0 Å². The van der Waals surface area contributed by atoms with Gasteiger partial charge in [0.15, 0.2) is 6.61 Å². The van der Waals surface area contributed by atoms with Gasteiger partial charge in [-0.25, -0.2) is 12.8 Å². The van der Waals surface area contributed by atoms with Crippen LogP contribution < -0.4 is 14.4 Å². The zero-order valence-corrected chi connectivity index (χ0v) is 14.0. The molecule has 8 heteroatoms. The molecule has 0 radical (unpaired) electrons. The van der Waals surface area contributed by atoms with Crippen molar-refractivity contribution in [1.29, 1.82) is 0 Å². The topological polar surface area (TPSA) is 75.7 Å². The van der Waals surface area contributed by atoms with Gasteiger partial charge in [-0.3, -0.25) is 9.10 Å². The molecule has 6 nitrogen and oxygen atoms in total. The molecule has 0 bridgehead atoms. The molecule has 0 spiro atoms. The average molecular weight is 352 g/mol. The van der Waals surface area contributed by atoms with Crippen molar-refractivity contribution in [3.63, 3.8) is 0 Å². The van der Waals surface area contributed by atoms with Crippen LogP contribution in [0.25, 0.3) is 0 Å². The van der Waals surface area contributed by atoms with E-state index in [2.05, 4.69) is 5.32 Å². The van der Waals surface area contributed by atoms with Crippen LogP contribution in [-0.4, -0.2) is 34.2 Å². The predicted octanol–water partition coefficient (Wildman–Crippen LogP) is 2.24. The highest BCUT2D eigenvalue weighted by Crippen LogP contribution is 2.27. The Balaban J connectivity index is 2.13. The average Bonchev–Trinajstić information content (AvgIpc) is 2.53. The van der Waals surface area contributed by atoms with Gasteiger partial charge in [0.25, 0.3) is 5.91 Å². The highest BCUT2D eigenvalue weighted by molar-refractivity contribution is 7.92. The van der Waals surface area contributed by atoms with Gasteiger partial charge >= 0.3 is 0 Å². The summed E-state index contributed by atoms with van der Waals surface area (Å²) in [5, 5.41) is 2.46. The maximum Gasteiger partial charge on any atom is 0.262 e. The summed E-state index contributed by atoms with van der Waals surface area (Å²) in [6.07, 6.45) is 1.01. The Morgan fingerprint density at radius 2 is 1.88 bits per heavy atom. The number of ether oxygens (including phenoxy) is 1. The number of amides is 1. The maximum atomic E-state index is 13.5. The summed E-state index contributed by atoms with van der Waals surface area (Å²) in [7, 11) is -2.24. The molecule has 0 aliphatic carbocycles. The van der Waals surface area contributed by atoms with Crippen molar-refractivity contribution < 1.29 is 22.3 Å². The minimum absolute atomic E-state index is 0.0459. The quantitative estimate of drug-likeness (QED) is 0.865. The van der Waals surface area contributed by atoms with Crippen molar-refractivity contribution in [2.24, 2.45) is 0 Å². The van der Waals surface area contributed by atoms with E-state index in [-0.39, 0.29) is 18.0 Å². The van der Waals surface area contributed by atoms with Gasteiger partial charge < -0.3 is 10.1 Å². The summed E-state index contributed by atoms with van der Waals surface area (Å²) in [6, 6.07) is 12.2. The van der Waals surface area contributed by atoms with Gasteiger partial charge in [-0.1, -0.05) is 18.2 Å². The van der Waals surface area contributed by atoms with Gasteiger partial charge in [-0.2, -0.15) is 0 Å². The number of halogens is 1. The van der Waals surface area contributed by atoms with E-state index in [4.69, 9.17) is 4.74 Å². The van der Waals surface area contributed by atoms with Crippen molar-refractivity contribution in [3.8, 4) is 5.75 Å². The molecule has 0 heterocycles. The largest absolute Gasteiger partial charge is 0.484 e. The summed E-state index contributed by atoms with van der Waals surface area (Å²) >= 11 is 0. The number of para-hydroxylation sites is 1. The van der Waals surface area contributed by atoms with E-state index in [1.807, 2.05) is 6.07 Å². The fourth-order valence-electron chi connectivity index (χ4n) is 1.91. The van der Waals surface area contributed by atoms with Crippen LogP contribution in [-0.2, 0) is 14.8 Å². The second kappa shape index (κ2) is 7.31. The van der Waals surface area contributed by atoms with Crippen LogP contribution in [0.2, 0.25) is 0 Å². The summed E-state index contributed by atoms with van der Waals surface area (Å²) in [5.74, 6) is -0.618. The molecule has 1 amide bonds. The summed E-state index contributed by atoms with van der Waals surface area (Å²) in [5.41, 5.74) is 0.205. The van der Waals surface area contributed by atoms with Crippen molar-refractivity contribution in [3.05, 3.63) is 54.3 Å². The molecule has 2 aromatic rings. The number of carbonyl (C=O) groups is 1. The number of hydrogen-bond acceptors (Lipinski definition) is 4. The number of sulfonamides is 1. The van der Waals surface area contributed by atoms with Crippen LogP contribution in [0.1, 0.15) is 0 Å². The van der Waals surface area contributed by atoms with Crippen LogP contribution in [0.15, 0.2) is 48.5 Å². The summed E-state index contributed by atoms with van der Waals surface area (Å²) in [4.78, 5) is 12.0. The van der Waals surface area contributed by atoms with Crippen molar-refractivity contribution >= 4 is 27.3 Å². The molecule has 0 saturated heterocycles. The first-order valence-corrected chi connectivity index (χ1v) is 8.83. The van der Waals surface area contributed by atoms with E-state index in [0.717, 1.165) is 22.7 Å². The highest BCUT2D eigenvalue weighted by atomic mass is 32.2. The Morgan fingerprint density at radius 1 is 1.21 bits per heavy atom. The van der Waals surface area contributed by atoms with E-state index in [0.29, 0.717) is 5.75 Å². The minimum Gasteiger partial charge on any atom is -0.484 e. The number of anilines is 2. The minimum atomic E-state index is -3.55. The lowest BCUT2D eigenvalue weighted by molar-refractivity contribution is -0.118. The fraction of sp³-hybridized carbons (Fsp3) is 0.188. The van der Waals surface area contributed by atoms with Gasteiger partial charge in [0.2, 0.25) is 10.0 Å². The lowest BCUT2D eigenvalue weighted by Crippen LogP contribution is -2.27. The van der Waals surface area contributed by atoms with Crippen LogP contribution in [0, 0.1) is 5.82 Å². The van der Waals surface area contributed by atoms with Crippen molar-refractivity contribution in [1.82, 2.24) is 0 Å². The Kier molecular flexibility index (Phi) is 5.40. The first kappa shape index (κ1) is 17.7. The number of nitrogens with one attached hydrogen (secondary N) is 1. The van der Waals surface area contributed by atoms with E-state index < -0.39 is 21.7 Å². The molecule has 2 rings (SSSR count). The SMILES string of the molecule is CN(c1ccc(F)cc1NC(=O)COc1ccccc1)S(C)(=O)=O. The van der Waals surface area contributed by atoms with E-state index in [1.54, 1.807) is 24.3 Å². The van der Waals surface area contributed by atoms with Gasteiger partial charge in [0.1, 0.15) is 11.6 Å². The molecule has 0 atom stereocenters. The lowest BCUT2D eigenvalue weighted by atomic mass is 10.2. The van der Waals surface area contributed by atoms with Crippen molar-refractivity contribution in [2.45, 2.75) is 0 Å². The molecule has 128 valence electrons. The van der Waals surface area contributed by atoms with E-state index in [9.17, 15) is 17.6 Å². The normalized spacial score (nSPS) is 11.0. The Morgan fingerprint density at radius 3 is 2.50 bits per heavy atom. The molecule has 1 N–H and O–H groups in total. The number of carbonyl (C=O) groups excluding carboxylic acids is 1. The van der Waals surface area contributed by atoms with Gasteiger partial charge in [0, 0.05) is 7.05 Å². The molecule has 24 heavy (non-hydrogen) atoms. The Bertz CT molecular complexity index is 825. The molecule has 0 aliphatic heterocycles. The lowest BCUT2D eigenvalue weighted by Gasteiger charge is -2.20. The number of rotatable bonds is 6. The molecule has 0 saturated carbocycles. The summed E-state index contributed by atoms with van der Waals surface area (Å²) < 4.78 is 43.0. The second-order valence-electron chi connectivity index (χ2n) is 5.04. The van der Waals surface area contributed by atoms with Gasteiger partial charge in [0.05, 0.1) is 17.6 Å². The fourth-order valence-corrected chi connectivity index (χ4v) is 2.43. The highest BCUT2D eigenvalue weighted by Gasteiger charge is 2.18. The molecular weight excluding hydrogens is 335 g/mol. The molecule has 0 fully saturated rings. The predicted molar refractivity (Wildman–Crippen MR) is 90.2 cm³/mol. The van der Waals surface area contributed by atoms with Gasteiger partial charge in [-0.05, 0) is 30.3 Å². The molecule has 2 aromatic carbocycles. The third-order valence-electron chi connectivity index (χ3n) is 3.18. The number of nitrogens with zero attached hydrogens (tertiary/aromatic N) is 1. The maximum absolute atomic E-state index is 13.5. The first-order chi connectivity index (χ1) is 11.3. The zero-order valence-electron chi connectivity index (χ0n) is 13.2. The molecule has 0 unspecified atom stereocenters. The van der Waals surface area contributed by atoms with Crippen LogP contribution in [0.4, 0.5) is 15.8 Å². The first-order valence-electron chi connectivity index (χ1n) is 6.98. The Labute approximate surface area is 139 Å². The summed E-state index contributed by atoms with van der Waals surface area (Å²) in [6.45, 7) is -0.289. The number of hydrogen-bond donors (Lipinski definition) is 1. The van der Waals surface area contributed by atoms with E-state index >= 15 is 0 Å². The monoisotopic (exact) mass is 352 g/mol. The third-order valence-corrected chi connectivity index (χ3v) is 4.37. The van der Waals surface area contributed by atoms with E-state index in [1.165, 1.54) is 13.1 Å². The van der Waals surface area contributed by atoms with Crippen LogP contribution >= 0.6 is 0 Å². The zero-order chi connectivity index (χ0) is 17.7. The van der Waals surface area contributed by atoms with Crippen LogP contribution in [0.5, 0.6) is 5.75 Å². The van der Waals surface area contributed by atoms with Crippen LogP contribution in [0.3, 0.4) is 0 Å². The standard InChI is InChI=1S/C16H17FN2O4S/c1-19(24(2,21)22)15-9-8-12(17)10-14(15)18-16(20)11-23-13-6-4-3-5-7-13/h3-10H,11H2,1-2H3,(H,18,20). The molecule has 0 aliphatic rings. The van der Waals surface area contributed by atoms with Crippen molar-refractivity contribution in [2.75, 3.05) is 29.5 Å². The second-order valence-corrected chi connectivity index (χ2v) is 7.06. The third kappa shape index (κ3) is 4.69. The Hall–Kier alpha value is -2.61.